The average molecular weight is 346 g/mol. The summed E-state index contributed by atoms with van der Waals surface area (Å²) in [6.45, 7) is 5.90. The number of pyridine rings is 1. The molecule has 6 heteroatoms. The summed E-state index contributed by atoms with van der Waals surface area (Å²) in [5, 5.41) is 3.20. The van der Waals surface area contributed by atoms with Crippen molar-refractivity contribution in [3.05, 3.63) is 52.1 Å². The molecule has 24 heavy (non-hydrogen) atoms. The van der Waals surface area contributed by atoms with Crippen LogP contribution in [0.5, 0.6) is 0 Å². The van der Waals surface area contributed by atoms with Crippen LogP contribution in [0.2, 0.25) is 5.15 Å². The van der Waals surface area contributed by atoms with Crippen molar-refractivity contribution in [2.75, 3.05) is 7.05 Å². The van der Waals surface area contributed by atoms with Crippen LogP contribution in [0.3, 0.4) is 0 Å². The molecule has 2 heterocycles. The molecule has 2 amide bonds. The Balaban J connectivity index is 1.88. The average Bonchev–Trinajstić information content (AvgIpc) is 2.71. The Morgan fingerprint density at radius 3 is 2.83 bits per heavy atom. The number of nitrogens with one attached hydrogen (secondary N) is 1. The quantitative estimate of drug-likeness (QED) is 0.837. The Bertz CT molecular complexity index is 795. The lowest BCUT2D eigenvalue weighted by Gasteiger charge is -2.28. The molecule has 3 rings (SSSR count). The highest BCUT2D eigenvalue weighted by Gasteiger charge is 2.50. The van der Waals surface area contributed by atoms with Gasteiger partial charge in [-0.3, -0.25) is 9.59 Å². The minimum Gasteiger partial charge on any atom is -0.322 e. The van der Waals surface area contributed by atoms with Crippen LogP contribution in [0.4, 0.5) is 0 Å². The third-order valence-electron chi connectivity index (χ3n) is 5.00. The third kappa shape index (κ3) is 2.53. The number of allylic oxidation sites excluding steroid dienone is 3. The number of fused-ring (bicyclic) bond motifs is 1. The Morgan fingerprint density at radius 2 is 2.17 bits per heavy atom. The molecular weight excluding hydrogens is 326 g/mol. The molecule has 1 aromatic heterocycles. The topological polar surface area (TPSA) is 62.3 Å². The second-order valence-electron chi connectivity index (χ2n) is 6.82. The smallest absolute Gasteiger partial charge is 0.255 e. The van der Waals surface area contributed by atoms with Gasteiger partial charge in [0.2, 0.25) is 5.91 Å². The van der Waals surface area contributed by atoms with Gasteiger partial charge in [0.25, 0.3) is 5.91 Å². The van der Waals surface area contributed by atoms with Gasteiger partial charge in [0.05, 0.1) is 5.41 Å². The first-order chi connectivity index (χ1) is 11.2. The van der Waals surface area contributed by atoms with Gasteiger partial charge in [0, 0.05) is 36.1 Å². The number of halogens is 1. The van der Waals surface area contributed by atoms with Crippen molar-refractivity contribution in [3.63, 3.8) is 0 Å². The Hall–Kier alpha value is -2.14. The molecule has 0 spiro atoms. The first-order valence-corrected chi connectivity index (χ1v) is 8.23. The van der Waals surface area contributed by atoms with Gasteiger partial charge in [0.1, 0.15) is 5.15 Å². The van der Waals surface area contributed by atoms with Gasteiger partial charge in [-0.15, -0.1) is 0 Å². The summed E-state index contributed by atoms with van der Waals surface area (Å²) in [4.78, 5) is 30.5. The standard InChI is InChI=1S/C18H20ClN3O2/c1-10-13(21-16(23)11-7-8-20-14(19)9-11)6-5-12-15(10)22(4)17(24)18(12,2)3/h6-9,12H,5H2,1-4H3,(H,21,23). The Labute approximate surface area is 146 Å². The van der Waals surface area contributed by atoms with Gasteiger partial charge < -0.3 is 10.2 Å². The minimum atomic E-state index is -0.421. The van der Waals surface area contributed by atoms with E-state index >= 15 is 0 Å². The molecule has 1 unspecified atom stereocenters. The number of likely N-dealkylation sites (tertiary alicyclic amines) is 1. The highest BCUT2D eigenvalue weighted by Crippen LogP contribution is 2.48. The number of rotatable bonds is 2. The molecule has 0 bridgehead atoms. The lowest BCUT2D eigenvalue weighted by molar-refractivity contribution is -0.133. The number of nitrogens with zero attached hydrogens (tertiary/aromatic N) is 2. The maximum atomic E-state index is 12.5. The van der Waals surface area contributed by atoms with Crippen molar-refractivity contribution >= 4 is 23.4 Å². The normalized spacial score (nSPS) is 22.4. The number of aromatic nitrogens is 1. The van der Waals surface area contributed by atoms with E-state index in [1.807, 2.05) is 26.8 Å². The predicted molar refractivity (Wildman–Crippen MR) is 92.2 cm³/mol. The summed E-state index contributed by atoms with van der Waals surface area (Å²) in [5.41, 5.74) is 2.70. The maximum absolute atomic E-state index is 12.5. The molecule has 126 valence electrons. The van der Waals surface area contributed by atoms with Crippen molar-refractivity contribution in [2.24, 2.45) is 11.3 Å². The summed E-state index contributed by atoms with van der Waals surface area (Å²) in [5.74, 6) is 0.0185. The molecule has 1 aliphatic carbocycles. The first-order valence-electron chi connectivity index (χ1n) is 7.86. The van der Waals surface area contributed by atoms with Crippen LogP contribution in [0.15, 0.2) is 41.4 Å². The van der Waals surface area contributed by atoms with Crippen LogP contribution >= 0.6 is 11.6 Å². The van der Waals surface area contributed by atoms with E-state index in [1.54, 1.807) is 18.0 Å². The zero-order chi connectivity index (χ0) is 17.6. The summed E-state index contributed by atoms with van der Waals surface area (Å²) in [6.07, 6.45) is 4.22. The number of amides is 2. The van der Waals surface area contributed by atoms with E-state index in [0.29, 0.717) is 5.56 Å². The zero-order valence-corrected chi connectivity index (χ0v) is 14.9. The summed E-state index contributed by atoms with van der Waals surface area (Å²) in [6, 6.07) is 3.14. The van der Waals surface area contributed by atoms with Crippen LogP contribution in [-0.4, -0.2) is 28.7 Å². The maximum Gasteiger partial charge on any atom is 0.255 e. The van der Waals surface area contributed by atoms with Crippen molar-refractivity contribution < 1.29 is 9.59 Å². The molecule has 1 aliphatic heterocycles. The third-order valence-corrected chi connectivity index (χ3v) is 5.21. The van der Waals surface area contributed by atoms with E-state index in [2.05, 4.69) is 10.3 Å². The second-order valence-corrected chi connectivity index (χ2v) is 7.21. The lowest BCUT2D eigenvalue weighted by atomic mass is 9.75. The van der Waals surface area contributed by atoms with Crippen molar-refractivity contribution in [1.29, 1.82) is 0 Å². The van der Waals surface area contributed by atoms with Crippen molar-refractivity contribution in [2.45, 2.75) is 27.2 Å². The van der Waals surface area contributed by atoms with E-state index in [-0.39, 0.29) is 22.9 Å². The van der Waals surface area contributed by atoms with E-state index in [4.69, 9.17) is 11.6 Å². The summed E-state index contributed by atoms with van der Waals surface area (Å²) in [7, 11) is 1.80. The fourth-order valence-electron chi connectivity index (χ4n) is 3.60. The first kappa shape index (κ1) is 16.7. The number of carbonyl (C=O) groups excluding carboxylic acids is 2. The molecule has 2 aliphatic rings. The van der Waals surface area contributed by atoms with Crippen molar-refractivity contribution in [3.8, 4) is 0 Å². The molecule has 0 aromatic carbocycles. The van der Waals surface area contributed by atoms with Crippen LogP contribution in [-0.2, 0) is 4.79 Å². The van der Waals surface area contributed by atoms with Gasteiger partial charge in [-0.1, -0.05) is 31.5 Å². The minimum absolute atomic E-state index is 0.115. The van der Waals surface area contributed by atoms with Crippen LogP contribution in [0, 0.1) is 11.3 Å². The van der Waals surface area contributed by atoms with Crippen LogP contribution in [0.25, 0.3) is 0 Å². The molecule has 0 radical (unpaired) electrons. The van der Waals surface area contributed by atoms with E-state index < -0.39 is 5.41 Å². The highest BCUT2D eigenvalue weighted by molar-refractivity contribution is 6.29. The number of carbonyl (C=O) groups is 2. The molecule has 1 N–H and O–H groups in total. The monoisotopic (exact) mass is 345 g/mol. The highest BCUT2D eigenvalue weighted by atomic mass is 35.5. The largest absolute Gasteiger partial charge is 0.322 e. The zero-order valence-electron chi connectivity index (χ0n) is 14.2. The lowest BCUT2D eigenvalue weighted by Crippen LogP contribution is -2.29. The Kier molecular flexibility index (Phi) is 4.00. The molecule has 0 saturated carbocycles. The van der Waals surface area contributed by atoms with E-state index in [9.17, 15) is 9.59 Å². The molecule has 1 saturated heterocycles. The van der Waals surface area contributed by atoms with Gasteiger partial charge in [-0.05, 0) is 31.1 Å². The predicted octanol–water partition coefficient (Wildman–Crippen LogP) is 3.14. The Morgan fingerprint density at radius 1 is 1.46 bits per heavy atom. The molecule has 1 atom stereocenters. The van der Waals surface area contributed by atoms with E-state index in [0.717, 1.165) is 23.4 Å². The molecule has 1 fully saturated rings. The van der Waals surface area contributed by atoms with Gasteiger partial charge >= 0.3 is 0 Å². The fraction of sp³-hybridized carbons (Fsp3) is 0.389. The van der Waals surface area contributed by atoms with Gasteiger partial charge in [-0.25, -0.2) is 4.98 Å². The molecule has 1 aromatic rings. The van der Waals surface area contributed by atoms with Crippen molar-refractivity contribution in [1.82, 2.24) is 15.2 Å². The molecule has 5 nitrogen and oxygen atoms in total. The summed E-state index contributed by atoms with van der Waals surface area (Å²) < 4.78 is 0. The molecular formula is C18H20ClN3O2. The fourth-order valence-corrected chi connectivity index (χ4v) is 3.77. The SMILES string of the molecule is CC1=C2C(CC=C1NC(=O)c1ccnc(Cl)c1)C(C)(C)C(=O)N2C. The van der Waals surface area contributed by atoms with Gasteiger partial charge in [-0.2, -0.15) is 0 Å². The number of hydrogen-bond acceptors (Lipinski definition) is 3. The van der Waals surface area contributed by atoms with Crippen LogP contribution < -0.4 is 5.32 Å². The number of hydrogen-bond donors (Lipinski definition) is 1. The summed E-state index contributed by atoms with van der Waals surface area (Å²) >= 11 is 5.84. The second kappa shape index (κ2) is 5.74. The van der Waals surface area contributed by atoms with Crippen LogP contribution in [0.1, 0.15) is 37.6 Å². The van der Waals surface area contributed by atoms with Gasteiger partial charge in [0.15, 0.2) is 0 Å². The van der Waals surface area contributed by atoms with E-state index in [1.165, 1.54) is 12.3 Å².